The molecule has 5 nitrogen and oxygen atoms in total. The fraction of sp³-hybridized carbons (Fsp3) is 0.0444. The Labute approximate surface area is 289 Å². The van der Waals surface area contributed by atoms with E-state index in [0.717, 1.165) is 39.3 Å². The number of fused-ring (bicyclic) bond motifs is 7. The molecule has 3 heterocycles. The average molecular weight is 643 g/mol. The zero-order valence-corrected chi connectivity index (χ0v) is 27.0. The van der Waals surface area contributed by atoms with Crippen molar-refractivity contribution in [3.63, 3.8) is 0 Å². The summed E-state index contributed by atoms with van der Waals surface area (Å²) in [6.07, 6.45) is 4.43. The SMILES string of the molecule is C1=CC2c3cc(-c4nc(-c5ccccc5)nc(-c5ccc(-c6ccccc6)cc5)n4)ccc3OC2c2c1n(-c1ccccc1)c1ccccc21. The molecule has 6 aromatic carbocycles. The second-order valence-electron chi connectivity index (χ2n) is 12.8. The highest BCUT2D eigenvalue weighted by atomic mass is 16.5. The first-order valence-electron chi connectivity index (χ1n) is 16.9. The molecule has 1 aliphatic carbocycles. The van der Waals surface area contributed by atoms with Gasteiger partial charge in [0, 0.05) is 44.8 Å². The molecule has 10 rings (SSSR count). The largest absolute Gasteiger partial charge is 0.484 e. The van der Waals surface area contributed by atoms with Crippen LogP contribution >= 0.6 is 0 Å². The van der Waals surface area contributed by atoms with Gasteiger partial charge in [-0.1, -0.05) is 127 Å². The number of hydrogen-bond acceptors (Lipinski definition) is 4. The van der Waals surface area contributed by atoms with E-state index in [1.165, 1.54) is 27.7 Å². The third-order valence-electron chi connectivity index (χ3n) is 9.84. The Kier molecular flexibility index (Phi) is 6.56. The molecule has 0 fully saturated rings. The molecule has 50 heavy (non-hydrogen) atoms. The maximum absolute atomic E-state index is 6.80. The van der Waals surface area contributed by atoms with E-state index in [1.807, 2.05) is 36.4 Å². The lowest BCUT2D eigenvalue weighted by atomic mass is 9.85. The molecular weight excluding hydrogens is 613 g/mol. The minimum Gasteiger partial charge on any atom is -0.484 e. The van der Waals surface area contributed by atoms with Crippen LogP contribution in [0, 0.1) is 0 Å². The molecule has 0 radical (unpaired) electrons. The Balaban J connectivity index is 1.06. The van der Waals surface area contributed by atoms with Crippen molar-refractivity contribution in [2.24, 2.45) is 0 Å². The van der Waals surface area contributed by atoms with Crippen molar-refractivity contribution in [1.29, 1.82) is 0 Å². The van der Waals surface area contributed by atoms with Gasteiger partial charge in [0.05, 0.1) is 11.2 Å². The molecule has 0 saturated heterocycles. The van der Waals surface area contributed by atoms with Crippen molar-refractivity contribution in [1.82, 2.24) is 19.5 Å². The molecule has 8 aromatic rings. The van der Waals surface area contributed by atoms with Gasteiger partial charge in [-0.3, -0.25) is 0 Å². The van der Waals surface area contributed by atoms with Crippen LogP contribution in [0.3, 0.4) is 0 Å². The molecule has 0 bridgehead atoms. The summed E-state index contributed by atoms with van der Waals surface area (Å²) in [6.45, 7) is 0. The Morgan fingerprint density at radius 1 is 0.500 bits per heavy atom. The number of nitrogens with zero attached hydrogens (tertiary/aromatic N) is 4. The summed E-state index contributed by atoms with van der Waals surface area (Å²) >= 11 is 0. The fourth-order valence-electron chi connectivity index (χ4n) is 7.46. The van der Waals surface area contributed by atoms with Crippen LogP contribution in [0.5, 0.6) is 5.75 Å². The maximum atomic E-state index is 6.80. The molecule has 2 aliphatic rings. The molecule has 5 heteroatoms. The van der Waals surface area contributed by atoms with Crippen molar-refractivity contribution < 1.29 is 4.74 Å². The van der Waals surface area contributed by atoms with Crippen molar-refractivity contribution in [2.75, 3.05) is 0 Å². The molecule has 1 aliphatic heterocycles. The normalized spacial score (nSPS) is 15.7. The Morgan fingerprint density at radius 3 is 1.76 bits per heavy atom. The molecule has 0 N–H and O–H groups in total. The van der Waals surface area contributed by atoms with Crippen LogP contribution in [0.25, 0.3) is 68.0 Å². The Bertz CT molecular complexity index is 2560. The van der Waals surface area contributed by atoms with Crippen LogP contribution in [0.2, 0.25) is 0 Å². The van der Waals surface area contributed by atoms with Gasteiger partial charge in [-0.15, -0.1) is 0 Å². The van der Waals surface area contributed by atoms with Gasteiger partial charge in [-0.05, 0) is 53.6 Å². The summed E-state index contributed by atoms with van der Waals surface area (Å²) in [4.78, 5) is 15.0. The minimum absolute atomic E-state index is 0.0629. The van der Waals surface area contributed by atoms with Crippen LogP contribution in [0.4, 0.5) is 0 Å². The second kappa shape index (κ2) is 11.5. The summed E-state index contributed by atoms with van der Waals surface area (Å²) in [5.41, 5.74) is 11.0. The molecule has 0 saturated carbocycles. The predicted octanol–water partition coefficient (Wildman–Crippen LogP) is 10.7. The van der Waals surface area contributed by atoms with Gasteiger partial charge in [-0.25, -0.2) is 15.0 Å². The minimum atomic E-state index is -0.132. The predicted molar refractivity (Wildman–Crippen MR) is 200 cm³/mol. The van der Waals surface area contributed by atoms with E-state index >= 15 is 0 Å². The van der Waals surface area contributed by atoms with E-state index in [2.05, 4.69) is 138 Å². The standard InChI is InChI=1S/C45H30N4O/c1-4-12-29(13-5-1)30-20-22-32(23-21-30)44-46-43(31-14-6-2-7-15-31)47-45(48-44)33-24-27-40-37(28-33)35-25-26-39-41(42(35)50-40)36-18-10-11-19-38(36)49(39)34-16-8-3-9-17-34/h1-28,35,42H. The average Bonchev–Trinajstić information content (AvgIpc) is 3.74. The molecular formula is C45H30N4O. The molecule has 2 aromatic heterocycles. The van der Waals surface area contributed by atoms with Gasteiger partial charge in [0.2, 0.25) is 0 Å². The highest BCUT2D eigenvalue weighted by Crippen LogP contribution is 2.53. The topological polar surface area (TPSA) is 52.8 Å². The number of benzene rings is 6. The van der Waals surface area contributed by atoms with E-state index in [-0.39, 0.29) is 12.0 Å². The highest BCUT2D eigenvalue weighted by Gasteiger charge is 2.40. The zero-order valence-electron chi connectivity index (χ0n) is 27.0. The molecule has 0 spiro atoms. The van der Waals surface area contributed by atoms with Crippen LogP contribution < -0.4 is 4.74 Å². The number of aromatic nitrogens is 4. The third-order valence-corrected chi connectivity index (χ3v) is 9.84. The summed E-state index contributed by atoms with van der Waals surface area (Å²) in [5, 5.41) is 1.21. The quantitative estimate of drug-likeness (QED) is 0.187. The molecule has 2 unspecified atom stereocenters. The van der Waals surface area contributed by atoms with E-state index in [9.17, 15) is 0 Å². The smallest absolute Gasteiger partial charge is 0.164 e. The van der Waals surface area contributed by atoms with E-state index in [4.69, 9.17) is 19.7 Å². The summed E-state index contributed by atoms with van der Waals surface area (Å²) in [6, 6.07) is 54.5. The summed E-state index contributed by atoms with van der Waals surface area (Å²) in [5.74, 6) is 2.87. The van der Waals surface area contributed by atoms with Gasteiger partial charge in [0.25, 0.3) is 0 Å². The van der Waals surface area contributed by atoms with Gasteiger partial charge in [0.15, 0.2) is 17.5 Å². The molecule has 2 atom stereocenters. The van der Waals surface area contributed by atoms with Crippen molar-refractivity contribution in [3.8, 4) is 56.7 Å². The second-order valence-corrected chi connectivity index (χ2v) is 12.8. The number of hydrogen-bond donors (Lipinski definition) is 0. The van der Waals surface area contributed by atoms with E-state index in [1.54, 1.807) is 0 Å². The lowest BCUT2D eigenvalue weighted by Gasteiger charge is -2.22. The zero-order chi connectivity index (χ0) is 33.0. The van der Waals surface area contributed by atoms with Gasteiger partial charge >= 0.3 is 0 Å². The van der Waals surface area contributed by atoms with Crippen molar-refractivity contribution in [2.45, 2.75) is 12.0 Å². The monoisotopic (exact) mass is 642 g/mol. The summed E-state index contributed by atoms with van der Waals surface area (Å²) < 4.78 is 9.15. The first-order valence-corrected chi connectivity index (χ1v) is 16.9. The van der Waals surface area contributed by atoms with E-state index < -0.39 is 0 Å². The van der Waals surface area contributed by atoms with Crippen molar-refractivity contribution in [3.05, 3.63) is 181 Å². The van der Waals surface area contributed by atoms with Crippen LogP contribution in [0.1, 0.15) is 28.8 Å². The number of rotatable bonds is 5. The number of para-hydroxylation sites is 2. The summed E-state index contributed by atoms with van der Waals surface area (Å²) in [7, 11) is 0. The van der Waals surface area contributed by atoms with Crippen LogP contribution in [-0.2, 0) is 0 Å². The van der Waals surface area contributed by atoms with Gasteiger partial charge in [0.1, 0.15) is 11.9 Å². The van der Waals surface area contributed by atoms with Crippen LogP contribution in [-0.4, -0.2) is 19.5 Å². The lowest BCUT2D eigenvalue weighted by molar-refractivity contribution is 0.224. The third kappa shape index (κ3) is 4.66. The lowest BCUT2D eigenvalue weighted by Crippen LogP contribution is -2.13. The van der Waals surface area contributed by atoms with Gasteiger partial charge in [-0.2, -0.15) is 0 Å². The van der Waals surface area contributed by atoms with Gasteiger partial charge < -0.3 is 9.30 Å². The number of ether oxygens (including phenoxy) is 1. The highest BCUT2D eigenvalue weighted by molar-refractivity contribution is 5.92. The van der Waals surface area contributed by atoms with Crippen LogP contribution in [0.15, 0.2) is 164 Å². The van der Waals surface area contributed by atoms with Crippen molar-refractivity contribution >= 4 is 17.0 Å². The first kappa shape index (κ1) is 28.4. The van der Waals surface area contributed by atoms with E-state index in [0.29, 0.717) is 17.5 Å². The maximum Gasteiger partial charge on any atom is 0.164 e. The Morgan fingerprint density at radius 2 is 1.04 bits per heavy atom. The molecule has 0 amide bonds. The Hall–Kier alpha value is -6.59. The fourth-order valence-corrected chi connectivity index (χ4v) is 7.46. The first-order chi connectivity index (χ1) is 24.8. The molecule has 236 valence electrons.